The number of amides is 2. The van der Waals surface area contributed by atoms with Gasteiger partial charge in [-0.15, -0.1) is 0 Å². The van der Waals surface area contributed by atoms with Crippen molar-refractivity contribution in [3.8, 4) is 0 Å². The van der Waals surface area contributed by atoms with Crippen LogP contribution in [0.1, 0.15) is 34.8 Å². The third-order valence-corrected chi connectivity index (χ3v) is 4.16. The number of hydrogen-bond acceptors (Lipinski definition) is 2. The number of aryl methyl sites for hydroxylation is 2. The normalized spacial score (nSPS) is 10.3. The van der Waals surface area contributed by atoms with E-state index in [1.54, 1.807) is 11.8 Å². The molecule has 1 N–H and O–H groups in total. The Kier molecular flexibility index (Phi) is 7.20. The second kappa shape index (κ2) is 9.62. The molecule has 0 heterocycles. The highest BCUT2D eigenvalue weighted by molar-refractivity contribution is 5.94. The number of hydrogen-bond donors (Lipinski definition) is 1. The predicted octanol–water partition coefficient (Wildman–Crippen LogP) is 3.21. The Bertz CT molecular complexity index is 681. The Labute approximate surface area is 149 Å². The van der Waals surface area contributed by atoms with Crippen molar-refractivity contribution in [2.75, 3.05) is 19.6 Å². The van der Waals surface area contributed by atoms with Crippen LogP contribution in [0, 0.1) is 6.92 Å². The summed E-state index contributed by atoms with van der Waals surface area (Å²) >= 11 is 0. The maximum absolute atomic E-state index is 12.1. The van der Waals surface area contributed by atoms with Crippen LogP contribution in [0.15, 0.2) is 54.6 Å². The van der Waals surface area contributed by atoms with E-state index >= 15 is 0 Å². The van der Waals surface area contributed by atoms with E-state index in [2.05, 4.69) is 17.4 Å². The molecule has 2 rings (SSSR count). The Morgan fingerprint density at radius 1 is 0.960 bits per heavy atom. The van der Waals surface area contributed by atoms with Crippen LogP contribution in [0.3, 0.4) is 0 Å². The van der Waals surface area contributed by atoms with Crippen LogP contribution in [0.5, 0.6) is 0 Å². The first-order chi connectivity index (χ1) is 12.1. The van der Waals surface area contributed by atoms with Gasteiger partial charge in [0.25, 0.3) is 5.91 Å². The van der Waals surface area contributed by atoms with E-state index in [9.17, 15) is 9.59 Å². The number of nitrogens with one attached hydrogen (secondary N) is 1. The van der Waals surface area contributed by atoms with Crippen LogP contribution in [0.4, 0.5) is 0 Å². The molecule has 4 heteroatoms. The van der Waals surface area contributed by atoms with Gasteiger partial charge in [0.1, 0.15) is 0 Å². The Morgan fingerprint density at radius 2 is 1.64 bits per heavy atom. The zero-order chi connectivity index (χ0) is 18.1. The van der Waals surface area contributed by atoms with Crippen molar-refractivity contribution in [3.05, 3.63) is 71.3 Å². The molecule has 0 unspecified atom stereocenters. The smallest absolute Gasteiger partial charge is 0.251 e. The largest absolute Gasteiger partial charge is 0.350 e. The van der Waals surface area contributed by atoms with Gasteiger partial charge < -0.3 is 10.2 Å². The summed E-state index contributed by atoms with van der Waals surface area (Å²) < 4.78 is 0. The molecule has 0 radical (unpaired) electrons. The first kappa shape index (κ1) is 18.7. The van der Waals surface area contributed by atoms with Gasteiger partial charge in [-0.25, -0.2) is 0 Å². The minimum atomic E-state index is -0.104. The number of benzene rings is 2. The molecule has 0 bridgehead atoms. The summed E-state index contributed by atoms with van der Waals surface area (Å²) in [5, 5.41) is 2.88. The van der Waals surface area contributed by atoms with Crippen molar-refractivity contribution in [2.45, 2.75) is 26.7 Å². The van der Waals surface area contributed by atoms with Gasteiger partial charge in [0.2, 0.25) is 5.91 Å². The van der Waals surface area contributed by atoms with E-state index in [0.29, 0.717) is 25.2 Å². The molecule has 0 atom stereocenters. The van der Waals surface area contributed by atoms with Gasteiger partial charge in [0, 0.05) is 32.1 Å². The molecule has 132 valence electrons. The molecule has 25 heavy (non-hydrogen) atoms. The van der Waals surface area contributed by atoms with E-state index in [0.717, 1.165) is 18.4 Å². The van der Waals surface area contributed by atoms with Gasteiger partial charge in [-0.05, 0) is 37.5 Å². The van der Waals surface area contributed by atoms with Crippen LogP contribution in [-0.4, -0.2) is 36.3 Å². The van der Waals surface area contributed by atoms with Crippen molar-refractivity contribution >= 4 is 11.8 Å². The van der Waals surface area contributed by atoms with Gasteiger partial charge in [-0.1, -0.05) is 48.0 Å². The van der Waals surface area contributed by atoms with E-state index < -0.39 is 0 Å². The molecule has 0 aliphatic heterocycles. The standard InChI is InChI=1S/C21H26N2O2/c1-17-10-12-20(13-11-17)21(25)22-14-16-23(18(2)24)15-6-9-19-7-4-3-5-8-19/h3-5,7-8,10-13H,6,9,14-16H2,1-2H3,(H,22,25). The number of carbonyl (C=O) groups excluding carboxylic acids is 2. The lowest BCUT2D eigenvalue weighted by atomic mass is 10.1. The summed E-state index contributed by atoms with van der Waals surface area (Å²) in [6, 6.07) is 17.7. The lowest BCUT2D eigenvalue weighted by molar-refractivity contribution is -0.128. The van der Waals surface area contributed by atoms with E-state index in [4.69, 9.17) is 0 Å². The Morgan fingerprint density at radius 3 is 2.28 bits per heavy atom. The summed E-state index contributed by atoms with van der Waals surface area (Å²) in [5.41, 5.74) is 3.04. The number of carbonyl (C=O) groups is 2. The van der Waals surface area contributed by atoms with Crippen LogP contribution >= 0.6 is 0 Å². The summed E-state index contributed by atoms with van der Waals surface area (Å²) in [4.78, 5) is 25.7. The summed E-state index contributed by atoms with van der Waals surface area (Å²) in [6.45, 7) is 5.25. The molecule has 2 aromatic rings. The Balaban J connectivity index is 1.74. The minimum Gasteiger partial charge on any atom is -0.350 e. The van der Waals surface area contributed by atoms with Gasteiger partial charge in [-0.3, -0.25) is 9.59 Å². The molecule has 0 saturated heterocycles. The lowest BCUT2D eigenvalue weighted by Gasteiger charge is -2.21. The monoisotopic (exact) mass is 338 g/mol. The second-order valence-corrected chi connectivity index (χ2v) is 6.22. The SMILES string of the molecule is CC(=O)N(CCCc1ccccc1)CCNC(=O)c1ccc(C)cc1. The fourth-order valence-electron chi connectivity index (χ4n) is 2.66. The molecular weight excluding hydrogens is 312 g/mol. The van der Waals surface area contributed by atoms with Gasteiger partial charge >= 0.3 is 0 Å². The van der Waals surface area contributed by atoms with E-state index in [-0.39, 0.29) is 11.8 Å². The fraction of sp³-hybridized carbons (Fsp3) is 0.333. The summed E-state index contributed by atoms with van der Waals surface area (Å²) in [7, 11) is 0. The zero-order valence-electron chi connectivity index (χ0n) is 15.0. The third-order valence-electron chi connectivity index (χ3n) is 4.16. The molecule has 0 aromatic heterocycles. The van der Waals surface area contributed by atoms with Crippen LogP contribution in [0.2, 0.25) is 0 Å². The van der Waals surface area contributed by atoms with Crippen LogP contribution in [-0.2, 0) is 11.2 Å². The van der Waals surface area contributed by atoms with Crippen molar-refractivity contribution in [1.82, 2.24) is 10.2 Å². The van der Waals surface area contributed by atoms with Crippen LogP contribution in [0.25, 0.3) is 0 Å². The maximum atomic E-state index is 12.1. The van der Waals surface area contributed by atoms with Gasteiger partial charge in [0.15, 0.2) is 0 Å². The molecule has 0 fully saturated rings. The van der Waals surface area contributed by atoms with Crippen molar-refractivity contribution < 1.29 is 9.59 Å². The molecule has 0 aliphatic rings. The maximum Gasteiger partial charge on any atom is 0.251 e. The lowest BCUT2D eigenvalue weighted by Crippen LogP contribution is -2.38. The molecule has 4 nitrogen and oxygen atoms in total. The van der Waals surface area contributed by atoms with Crippen molar-refractivity contribution in [2.24, 2.45) is 0 Å². The van der Waals surface area contributed by atoms with Crippen molar-refractivity contribution in [3.63, 3.8) is 0 Å². The average Bonchev–Trinajstić information content (AvgIpc) is 2.61. The third kappa shape index (κ3) is 6.42. The van der Waals surface area contributed by atoms with Gasteiger partial charge in [-0.2, -0.15) is 0 Å². The molecule has 0 saturated carbocycles. The summed E-state index contributed by atoms with van der Waals surface area (Å²) in [5.74, 6) is -0.0644. The van der Waals surface area contributed by atoms with E-state index in [1.807, 2.05) is 49.4 Å². The van der Waals surface area contributed by atoms with Crippen LogP contribution < -0.4 is 5.32 Å². The zero-order valence-corrected chi connectivity index (χ0v) is 15.0. The highest BCUT2D eigenvalue weighted by Gasteiger charge is 2.10. The number of rotatable bonds is 8. The quantitative estimate of drug-likeness (QED) is 0.803. The van der Waals surface area contributed by atoms with Crippen molar-refractivity contribution in [1.29, 1.82) is 0 Å². The first-order valence-electron chi connectivity index (χ1n) is 8.70. The predicted molar refractivity (Wildman–Crippen MR) is 101 cm³/mol. The minimum absolute atomic E-state index is 0.0395. The van der Waals surface area contributed by atoms with Gasteiger partial charge in [0.05, 0.1) is 0 Å². The molecule has 0 spiro atoms. The second-order valence-electron chi connectivity index (χ2n) is 6.22. The molecule has 2 aromatic carbocycles. The average molecular weight is 338 g/mol. The molecular formula is C21H26N2O2. The Hall–Kier alpha value is -2.62. The molecule has 0 aliphatic carbocycles. The summed E-state index contributed by atoms with van der Waals surface area (Å²) in [6.07, 6.45) is 1.86. The fourth-order valence-corrected chi connectivity index (χ4v) is 2.66. The first-order valence-corrected chi connectivity index (χ1v) is 8.70. The molecule has 2 amide bonds. The van der Waals surface area contributed by atoms with E-state index in [1.165, 1.54) is 5.56 Å². The topological polar surface area (TPSA) is 49.4 Å². The highest BCUT2D eigenvalue weighted by atomic mass is 16.2. The highest BCUT2D eigenvalue weighted by Crippen LogP contribution is 2.05. The number of nitrogens with zero attached hydrogens (tertiary/aromatic N) is 1.